The van der Waals surface area contributed by atoms with E-state index in [0.29, 0.717) is 69.1 Å². The molecule has 12 rings (SSSR count). The first-order chi connectivity index (χ1) is 43.7. The van der Waals surface area contributed by atoms with Crippen molar-refractivity contribution in [2.45, 2.75) is 77.0 Å². The molecule has 0 spiro atoms. The minimum absolute atomic E-state index is 0.0733. The predicted molar refractivity (Wildman–Crippen MR) is 342 cm³/mol. The number of benzene rings is 6. The van der Waals surface area contributed by atoms with E-state index in [2.05, 4.69) is 103 Å². The molecule has 0 saturated carbocycles. The number of aromatic nitrogens is 12. The van der Waals surface area contributed by atoms with Crippen molar-refractivity contribution in [3.63, 3.8) is 0 Å². The fraction of sp³-hybridized carbons (Fsp3) is 0.338. The van der Waals surface area contributed by atoms with Crippen molar-refractivity contribution < 1.29 is 39.0 Å². The lowest BCUT2D eigenvalue weighted by Crippen LogP contribution is -2.31. The summed E-state index contributed by atoms with van der Waals surface area (Å²) in [5.41, 5.74) is 11.5. The van der Waals surface area contributed by atoms with Gasteiger partial charge in [0.05, 0.1) is 27.4 Å². The average molecular weight is 1240 g/mol. The van der Waals surface area contributed by atoms with Crippen LogP contribution in [0.3, 0.4) is 0 Å². The van der Waals surface area contributed by atoms with Crippen LogP contribution in [0.4, 0.5) is 0 Å². The van der Waals surface area contributed by atoms with Crippen molar-refractivity contribution in [2.75, 3.05) is 56.4 Å². The number of aromatic carboxylic acids is 2. The van der Waals surface area contributed by atoms with Crippen molar-refractivity contribution in [1.82, 2.24) is 81.5 Å². The van der Waals surface area contributed by atoms with Crippen molar-refractivity contribution >= 4 is 35.6 Å². The van der Waals surface area contributed by atoms with E-state index in [0.717, 1.165) is 68.5 Å². The number of nitrogens with zero attached hydrogens (tertiary/aromatic N) is 13. The SMILES string of the molecule is CC(C)CC1(c2nn[nH]n2)c2ccc(C(=O)N(C)C)cc2-c2cc(C(=O)N(C)C)ccc21.CC(C)CC1(c2nn[nH]n2)c2ccc(C(=O)N(C)C)cc2-c2cc(C(=O)N(C)C)ccc21.CC(C)CC1(c2nn[nH]n2)c2ccc(C(=O)O)cc2-c2cc(C(=O)O)ccc21. The molecular formula is C68H74N16O8. The summed E-state index contributed by atoms with van der Waals surface area (Å²) in [5.74, 6) is 0.200. The Morgan fingerprint density at radius 3 is 0.707 bits per heavy atom. The maximum Gasteiger partial charge on any atom is 0.335 e. The molecule has 0 saturated heterocycles. The van der Waals surface area contributed by atoms with Crippen LogP contribution in [-0.2, 0) is 16.2 Å². The average Bonchev–Trinajstić information content (AvgIpc) is 1.57. The third kappa shape index (κ3) is 11.1. The second kappa shape index (κ2) is 25.0. The molecule has 3 aliphatic carbocycles. The number of rotatable bonds is 15. The summed E-state index contributed by atoms with van der Waals surface area (Å²) in [6.45, 7) is 12.8. The van der Waals surface area contributed by atoms with Gasteiger partial charge in [-0.05, 0) is 177 Å². The molecule has 5 N–H and O–H groups in total. The number of carboxylic acid groups (broad SMARTS) is 2. The molecule has 3 aromatic heterocycles. The van der Waals surface area contributed by atoms with Gasteiger partial charge >= 0.3 is 11.9 Å². The van der Waals surface area contributed by atoms with Gasteiger partial charge in [0.1, 0.15) is 0 Å². The van der Waals surface area contributed by atoms with Gasteiger partial charge in [-0.1, -0.05) is 93.6 Å². The smallest absolute Gasteiger partial charge is 0.335 e. The summed E-state index contributed by atoms with van der Waals surface area (Å²) < 4.78 is 0. The molecule has 474 valence electrons. The van der Waals surface area contributed by atoms with Gasteiger partial charge in [-0.3, -0.25) is 19.2 Å². The molecule has 0 aliphatic heterocycles. The summed E-state index contributed by atoms with van der Waals surface area (Å²) in [4.78, 5) is 80.1. The van der Waals surface area contributed by atoms with Crippen molar-refractivity contribution in [2.24, 2.45) is 17.8 Å². The first-order valence-electron chi connectivity index (χ1n) is 30.1. The fourth-order valence-corrected chi connectivity index (χ4v) is 13.6. The van der Waals surface area contributed by atoms with Gasteiger partial charge in [-0.2, -0.15) is 15.6 Å². The predicted octanol–water partition coefficient (Wildman–Crippen LogP) is 8.89. The van der Waals surface area contributed by atoms with Crippen LogP contribution in [0.2, 0.25) is 0 Å². The van der Waals surface area contributed by atoms with Crippen molar-refractivity contribution in [3.05, 3.63) is 193 Å². The molecule has 9 aromatic rings. The standard InChI is InChI=1S/2C24H28N6O2.C20H18N4O4/c2*1-14(2)13-24(23-25-27-28-26-23)19-9-7-15(21(31)29(3)4)11-17(19)18-12-16(8-10-20(18)24)22(32)30(5)6;1-10(2)9-20(19-21-23-24-22-19)15-5-3-11(17(25)26)7-13(15)14-8-12(18(27)28)4-6-16(14)20/h2*7-12,14H,13H2,1-6H3,(H,25,26,27,28);3-8,10H,9H2,1-2H3,(H,25,26)(H,27,28)(H,21,22,23,24). The zero-order valence-corrected chi connectivity index (χ0v) is 53.9. The highest BCUT2D eigenvalue weighted by Gasteiger charge is 2.51. The van der Waals surface area contributed by atoms with Crippen LogP contribution in [0.15, 0.2) is 109 Å². The van der Waals surface area contributed by atoms with E-state index < -0.39 is 28.2 Å². The van der Waals surface area contributed by atoms with Crippen LogP contribution in [0, 0.1) is 17.8 Å². The van der Waals surface area contributed by atoms with E-state index in [9.17, 15) is 39.0 Å². The normalized spacial score (nSPS) is 13.7. The number of hydrogen-bond donors (Lipinski definition) is 5. The van der Waals surface area contributed by atoms with Gasteiger partial charge in [-0.15, -0.1) is 30.6 Å². The van der Waals surface area contributed by atoms with E-state index in [1.807, 2.05) is 72.8 Å². The van der Waals surface area contributed by atoms with Gasteiger partial charge < -0.3 is 29.8 Å². The topological polar surface area (TPSA) is 319 Å². The number of fused-ring (bicyclic) bond motifs is 9. The van der Waals surface area contributed by atoms with E-state index in [-0.39, 0.29) is 40.7 Å². The Morgan fingerprint density at radius 2 is 0.543 bits per heavy atom. The van der Waals surface area contributed by atoms with Crippen LogP contribution < -0.4 is 0 Å². The highest BCUT2D eigenvalue weighted by atomic mass is 16.4. The summed E-state index contributed by atoms with van der Waals surface area (Å²) in [6.07, 6.45) is 2.17. The molecule has 3 aliphatic rings. The van der Waals surface area contributed by atoms with Gasteiger partial charge in [-0.25, -0.2) is 9.59 Å². The number of carbonyl (C=O) groups is 6. The molecule has 6 aromatic carbocycles. The summed E-state index contributed by atoms with van der Waals surface area (Å²) >= 11 is 0. The molecule has 24 heteroatoms. The van der Waals surface area contributed by atoms with E-state index in [1.165, 1.54) is 0 Å². The minimum Gasteiger partial charge on any atom is -0.478 e. The molecular weight excluding hydrogens is 1170 g/mol. The third-order valence-electron chi connectivity index (χ3n) is 17.2. The Labute approximate surface area is 531 Å². The molecule has 24 nitrogen and oxygen atoms in total. The first kappa shape index (κ1) is 64.3. The zero-order valence-electron chi connectivity index (χ0n) is 53.9. The summed E-state index contributed by atoms with van der Waals surface area (Å²) in [5, 5.41) is 64.1. The van der Waals surface area contributed by atoms with Crippen LogP contribution in [0.25, 0.3) is 33.4 Å². The van der Waals surface area contributed by atoms with E-state index >= 15 is 0 Å². The van der Waals surface area contributed by atoms with Crippen LogP contribution in [0.1, 0.15) is 174 Å². The van der Waals surface area contributed by atoms with Gasteiger partial charge in [0.2, 0.25) is 0 Å². The molecule has 92 heavy (non-hydrogen) atoms. The minimum atomic E-state index is -1.04. The van der Waals surface area contributed by atoms with E-state index in [1.54, 1.807) is 112 Å². The molecule has 0 radical (unpaired) electrons. The summed E-state index contributed by atoms with van der Waals surface area (Å²) in [6, 6.07) is 32.9. The molecule has 3 heterocycles. The molecule has 0 fully saturated rings. The van der Waals surface area contributed by atoms with Gasteiger partial charge in [0.25, 0.3) is 23.6 Å². The third-order valence-corrected chi connectivity index (χ3v) is 17.2. The maximum absolute atomic E-state index is 12.7. The number of carboxylic acids is 2. The first-order valence-corrected chi connectivity index (χ1v) is 30.1. The van der Waals surface area contributed by atoms with E-state index in [4.69, 9.17) is 0 Å². The zero-order chi connectivity index (χ0) is 66.5. The lowest BCUT2D eigenvalue weighted by molar-refractivity contribution is 0.0686. The Kier molecular flexibility index (Phi) is 17.5. The molecule has 4 amide bonds. The largest absolute Gasteiger partial charge is 0.478 e. The lowest BCUT2D eigenvalue weighted by Gasteiger charge is -2.30. The van der Waals surface area contributed by atoms with Crippen LogP contribution >= 0.6 is 0 Å². The quantitative estimate of drug-likeness (QED) is 0.0639. The van der Waals surface area contributed by atoms with Crippen molar-refractivity contribution in [1.29, 1.82) is 0 Å². The molecule has 0 bridgehead atoms. The number of hydrogen-bond acceptors (Lipinski definition) is 15. The van der Waals surface area contributed by atoms with Crippen LogP contribution in [0.5, 0.6) is 0 Å². The number of tetrazole rings is 3. The molecule has 0 unspecified atom stereocenters. The monoisotopic (exact) mass is 1240 g/mol. The maximum atomic E-state index is 12.7. The Bertz CT molecular complexity index is 3930. The number of aromatic amines is 3. The molecule has 0 atom stereocenters. The number of H-pyrrole nitrogens is 3. The number of carbonyl (C=O) groups excluding carboxylic acids is 4. The Balaban J connectivity index is 0.000000152. The van der Waals surface area contributed by atoms with Gasteiger partial charge in [0.15, 0.2) is 17.5 Å². The Morgan fingerprint density at radius 1 is 0.348 bits per heavy atom. The highest BCUT2D eigenvalue weighted by Crippen LogP contribution is 2.58. The number of amides is 4. The lowest BCUT2D eigenvalue weighted by atomic mass is 9.71. The second-order valence-electron chi connectivity index (χ2n) is 25.7. The number of nitrogens with one attached hydrogen (secondary N) is 3. The fourth-order valence-electron chi connectivity index (χ4n) is 13.6. The summed E-state index contributed by atoms with van der Waals surface area (Å²) in [7, 11) is 13.9. The van der Waals surface area contributed by atoms with Gasteiger partial charge in [0, 0.05) is 78.6 Å². The Hall–Kier alpha value is -10.7. The van der Waals surface area contributed by atoms with Crippen LogP contribution in [-0.4, -0.2) is 184 Å². The highest BCUT2D eigenvalue weighted by molar-refractivity contribution is 6.02. The second-order valence-corrected chi connectivity index (χ2v) is 25.7. The van der Waals surface area contributed by atoms with Crippen molar-refractivity contribution in [3.8, 4) is 33.4 Å².